The van der Waals surface area contributed by atoms with Crippen LogP contribution >= 0.6 is 0 Å². The molecule has 2 aromatic rings. The van der Waals surface area contributed by atoms with Crippen LogP contribution in [0.5, 0.6) is 0 Å². The van der Waals surface area contributed by atoms with E-state index >= 15 is 0 Å². The van der Waals surface area contributed by atoms with Gasteiger partial charge in [0, 0.05) is 25.1 Å². The summed E-state index contributed by atoms with van der Waals surface area (Å²) in [4.78, 5) is 30.0. The number of imidazole rings is 1. The van der Waals surface area contributed by atoms with Gasteiger partial charge in [0.15, 0.2) is 5.82 Å². The van der Waals surface area contributed by atoms with Crippen LogP contribution in [-0.4, -0.2) is 33.5 Å². The maximum Gasteiger partial charge on any atom is 0.354 e. The second-order valence-corrected chi connectivity index (χ2v) is 4.09. The van der Waals surface area contributed by atoms with Gasteiger partial charge in [-0.2, -0.15) is 0 Å². The van der Waals surface area contributed by atoms with Gasteiger partial charge in [0.2, 0.25) is 0 Å². The van der Waals surface area contributed by atoms with Gasteiger partial charge >= 0.3 is 5.97 Å². The lowest BCUT2D eigenvalue weighted by atomic mass is 10.4. The van der Waals surface area contributed by atoms with Crippen molar-refractivity contribution >= 4 is 17.6 Å². The third-order valence-corrected chi connectivity index (χ3v) is 2.58. The van der Waals surface area contributed by atoms with Crippen LogP contribution in [0.15, 0.2) is 18.5 Å². The molecular formula is C14H20N4O3. The highest BCUT2D eigenvalue weighted by atomic mass is 16.5. The number of ether oxygens (including phenoxy) is 1. The number of aromatic nitrogens is 3. The van der Waals surface area contributed by atoms with Crippen molar-refractivity contribution in [3.8, 4) is 0 Å². The van der Waals surface area contributed by atoms with E-state index in [0.717, 1.165) is 5.69 Å². The SMILES string of the molecule is CC.COC(=O)c1cc(NC(=O)c2ncc(C)[nH]2)cn1C. The third kappa shape index (κ3) is 3.95. The molecular weight excluding hydrogens is 272 g/mol. The first-order valence-corrected chi connectivity index (χ1v) is 6.59. The number of aromatic amines is 1. The van der Waals surface area contributed by atoms with Crippen molar-refractivity contribution in [2.24, 2.45) is 7.05 Å². The molecule has 0 aliphatic heterocycles. The van der Waals surface area contributed by atoms with Gasteiger partial charge in [-0.05, 0) is 13.0 Å². The molecule has 0 fully saturated rings. The van der Waals surface area contributed by atoms with E-state index < -0.39 is 5.97 Å². The molecule has 0 saturated heterocycles. The van der Waals surface area contributed by atoms with Crippen molar-refractivity contribution in [3.63, 3.8) is 0 Å². The fraction of sp³-hybridized carbons (Fsp3) is 0.357. The molecule has 2 heterocycles. The monoisotopic (exact) mass is 292 g/mol. The van der Waals surface area contributed by atoms with Crippen LogP contribution in [0.2, 0.25) is 0 Å². The van der Waals surface area contributed by atoms with Gasteiger partial charge in [0.05, 0.1) is 12.8 Å². The Bertz CT molecular complexity index is 628. The zero-order valence-corrected chi connectivity index (χ0v) is 12.9. The summed E-state index contributed by atoms with van der Waals surface area (Å²) in [6.45, 7) is 5.81. The molecule has 114 valence electrons. The number of carbonyl (C=O) groups excluding carboxylic acids is 2. The Morgan fingerprint density at radius 3 is 2.57 bits per heavy atom. The maximum atomic E-state index is 11.9. The van der Waals surface area contributed by atoms with E-state index in [4.69, 9.17) is 0 Å². The molecule has 0 saturated carbocycles. The molecule has 0 atom stereocenters. The lowest BCUT2D eigenvalue weighted by Gasteiger charge is -1.98. The van der Waals surface area contributed by atoms with Crippen molar-refractivity contribution in [2.45, 2.75) is 20.8 Å². The first kappa shape index (κ1) is 16.5. The highest BCUT2D eigenvalue weighted by Crippen LogP contribution is 2.14. The van der Waals surface area contributed by atoms with Crippen LogP contribution in [0, 0.1) is 6.92 Å². The highest BCUT2D eigenvalue weighted by Gasteiger charge is 2.15. The summed E-state index contributed by atoms with van der Waals surface area (Å²) in [5.74, 6) is -0.604. The molecule has 0 spiro atoms. The number of aryl methyl sites for hydroxylation is 2. The van der Waals surface area contributed by atoms with Crippen molar-refractivity contribution < 1.29 is 14.3 Å². The number of esters is 1. The number of H-pyrrole nitrogens is 1. The predicted molar refractivity (Wildman–Crippen MR) is 79.4 cm³/mol. The van der Waals surface area contributed by atoms with Gasteiger partial charge in [-0.1, -0.05) is 13.8 Å². The third-order valence-electron chi connectivity index (χ3n) is 2.58. The molecule has 0 aliphatic rings. The number of hydrogen-bond donors (Lipinski definition) is 2. The summed E-state index contributed by atoms with van der Waals surface area (Å²) in [6.07, 6.45) is 3.19. The summed E-state index contributed by atoms with van der Waals surface area (Å²) in [7, 11) is 3.00. The Hall–Kier alpha value is -2.57. The van der Waals surface area contributed by atoms with Crippen molar-refractivity contribution in [3.05, 3.63) is 35.7 Å². The van der Waals surface area contributed by atoms with Crippen LogP contribution in [0.25, 0.3) is 0 Å². The van der Waals surface area contributed by atoms with E-state index in [0.29, 0.717) is 11.4 Å². The maximum absolute atomic E-state index is 11.9. The minimum absolute atomic E-state index is 0.223. The Morgan fingerprint density at radius 1 is 1.38 bits per heavy atom. The quantitative estimate of drug-likeness (QED) is 0.848. The largest absolute Gasteiger partial charge is 0.464 e. The molecule has 7 nitrogen and oxygen atoms in total. The van der Waals surface area contributed by atoms with E-state index in [1.165, 1.54) is 7.11 Å². The molecule has 2 aromatic heterocycles. The van der Waals surface area contributed by atoms with Gasteiger partial charge in [0.25, 0.3) is 5.91 Å². The van der Waals surface area contributed by atoms with Crippen molar-refractivity contribution in [1.29, 1.82) is 0 Å². The van der Waals surface area contributed by atoms with Gasteiger partial charge in [0.1, 0.15) is 5.69 Å². The summed E-state index contributed by atoms with van der Waals surface area (Å²) < 4.78 is 6.21. The van der Waals surface area contributed by atoms with Crippen molar-refractivity contribution in [2.75, 3.05) is 12.4 Å². The molecule has 0 bridgehead atoms. The average Bonchev–Trinajstić information content (AvgIpc) is 3.06. The van der Waals surface area contributed by atoms with Gasteiger partial charge in [-0.3, -0.25) is 4.79 Å². The van der Waals surface area contributed by atoms with Crippen LogP contribution in [0.4, 0.5) is 5.69 Å². The first-order valence-electron chi connectivity index (χ1n) is 6.59. The van der Waals surface area contributed by atoms with Crippen molar-refractivity contribution in [1.82, 2.24) is 14.5 Å². The number of nitrogens with one attached hydrogen (secondary N) is 2. The van der Waals surface area contributed by atoms with E-state index in [2.05, 4.69) is 20.0 Å². The molecule has 1 amide bonds. The van der Waals surface area contributed by atoms with Gasteiger partial charge < -0.3 is 19.6 Å². The molecule has 0 unspecified atom stereocenters. The minimum Gasteiger partial charge on any atom is -0.464 e. The van der Waals surface area contributed by atoms with Crippen LogP contribution in [-0.2, 0) is 11.8 Å². The first-order chi connectivity index (χ1) is 10.0. The Kier molecular flexibility index (Phi) is 5.71. The standard InChI is InChI=1S/C12H14N4O3.C2H6/c1-7-5-13-10(14-7)11(17)15-8-4-9(12(18)19-3)16(2)6-8;1-2/h4-6H,1-3H3,(H,13,14)(H,15,17);1-2H3. The molecule has 7 heteroatoms. The number of carbonyl (C=O) groups is 2. The predicted octanol–water partition coefficient (Wildman–Crippen LogP) is 2.12. The summed E-state index contributed by atoms with van der Waals surface area (Å²) in [6, 6.07) is 1.54. The lowest BCUT2D eigenvalue weighted by Crippen LogP contribution is -2.13. The molecule has 21 heavy (non-hydrogen) atoms. The second-order valence-electron chi connectivity index (χ2n) is 4.09. The molecule has 0 aromatic carbocycles. The highest BCUT2D eigenvalue weighted by molar-refractivity contribution is 6.02. The molecule has 0 radical (unpaired) electrons. The van der Waals surface area contributed by atoms with Crippen LogP contribution in [0.1, 0.15) is 40.6 Å². The number of amides is 1. The average molecular weight is 292 g/mol. The van der Waals surface area contributed by atoms with E-state index in [1.54, 1.807) is 30.1 Å². The van der Waals surface area contributed by atoms with Gasteiger partial charge in [-0.25, -0.2) is 9.78 Å². The van der Waals surface area contributed by atoms with E-state index in [1.807, 2.05) is 20.8 Å². The fourth-order valence-corrected chi connectivity index (χ4v) is 1.66. The Morgan fingerprint density at radius 2 is 2.05 bits per heavy atom. The molecule has 2 N–H and O–H groups in total. The fourth-order valence-electron chi connectivity index (χ4n) is 1.66. The Balaban J connectivity index is 0.00000106. The second kappa shape index (κ2) is 7.28. The molecule has 2 rings (SSSR count). The smallest absolute Gasteiger partial charge is 0.354 e. The topological polar surface area (TPSA) is 89.0 Å². The number of nitrogens with zero attached hydrogens (tertiary/aromatic N) is 2. The number of hydrogen-bond acceptors (Lipinski definition) is 4. The normalized spacial score (nSPS) is 9.57. The zero-order valence-electron chi connectivity index (χ0n) is 12.9. The van der Waals surface area contributed by atoms with Crippen LogP contribution in [0.3, 0.4) is 0 Å². The number of methoxy groups -OCH3 is 1. The minimum atomic E-state index is -0.461. The number of rotatable bonds is 3. The Labute approximate surface area is 123 Å². The summed E-state index contributed by atoms with van der Waals surface area (Å²) >= 11 is 0. The zero-order chi connectivity index (χ0) is 16.0. The van der Waals surface area contributed by atoms with Crippen LogP contribution < -0.4 is 5.32 Å². The number of anilines is 1. The summed E-state index contributed by atoms with van der Waals surface area (Å²) in [5.41, 5.74) is 1.66. The summed E-state index contributed by atoms with van der Waals surface area (Å²) in [5, 5.41) is 2.65. The van der Waals surface area contributed by atoms with E-state index in [-0.39, 0.29) is 11.7 Å². The van der Waals surface area contributed by atoms with Gasteiger partial charge in [-0.15, -0.1) is 0 Å². The molecule has 0 aliphatic carbocycles. The lowest BCUT2D eigenvalue weighted by molar-refractivity contribution is 0.0590. The van der Waals surface area contributed by atoms with E-state index in [9.17, 15) is 9.59 Å².